The van der Waals surface area contributed by atoms with E-state index in [2.05, 4.69) is 15.9 Å². The quantitative estimate of drug-likeness (QED) is 0.895. The van der Waals surface area contributed by atoms with Gasteiger partial charge in [0.05, 0.1) is 15.7 Å². The minimum Gasteiger partial charge on any atom is -0.478 e. The van der Waals surface area contributed by atoms with Crippen LogP contribution >= 0.6 is 15.9 Å². The molecule has 0 amide bonds. The molecule has 0 fully saturated rings. The molecule has 0 saturated carbocycles. The highest BCUT2D eigenvalue weighted by Crippen LogP contribution is 2.30. The van der Waals surface area contributed by atoms with Crippen molar-refractivity contribution in [1.82, 2.24) is 0 Å². The zero-order valence-electron chi connectivity index (χ0n) is 10.7. The fourth-order valence-corrected chi connectivity index (χ4v) is 2.51. The van der Waals surface area contributed by atoms with Crippen LogP contribution in [0, 0.1) is 5.82 Å². The predicted octanol–water partition coefficient (Wildman–Crippen LogP) is 3.91. The van der Waals surface area contributed by atoms with Crippen LogP contribution in [0.5, 0.6) is 0 Å². The summed E-state index contributed by atoms with van der Waals surface area (Å²) in [5.41, 5.74) is 0.356. The third-order valence-corrected chi connectivity index (χ3v) is 3.94. The number of carboxylic acids is 1. The van der Waals surface area contributed by atoms with Crippen LogP contribution in [0.3, 0.4) is 0 Å². The van der Waals surface area contributed by atoms with Crippen molar-refractivity contribution in [2.75, 3.05) is 11.9 Å². The average Bonchev–Trinajstić information content (AvgIpc) is 2.33. The van der Waals surface area contributed by atoms with Gasteiger partial charge in [0.25, 0.3) is 0 Å². The minimum atomic E-state index is -1.14. The number of aromatic carboxylic acids is 1. The Hall–Kier alpha value is -1.10. The highest BCUT2D eigenvalue weighted by atomic mass is 79.9. The monoisotopic (exact) mass is 317 g/mol. The molecule has 0 saturated heterocycles. The molecular weight excluding hydrogens is 301 g/mol. The van der Waals surface area contributed by atoms with Crippen LogP contribution in [0.25, 0.3) is 0 Å². The van der Waals surface area contributed by atoms with Gasteiger partial charge in [0.1, 0.15) is 0 Å². The van der Waals surface area contributed by atoms with Crippen LogP contribution < -0.4 is 4.90 Å². The number of halogens is 2. The SMILES string of the molecule is CCC(CC)N(C)c1ccc(C(=O)O)c(Br)c1F. The van der Waals surface area contributed by atoms with Crippen LogP contribution in [-0.4, -0.2) is 24.2 Å². The van der Waals surface area contributed by atoms with E-state index in [1.54, 1.807) is 0 Å². The number of hydrogen-bond donors (Lipinski definition) is 1. The Kier molecular flexibility index (Phi) is 5.14. The van der Waals surface area contributed by atoms with Gasteiger partial charge in [-0.25, -0.2) is 9.18 Å². The van der Waals surface area contributed by atoms with Gasteiger partial charge in [-0.05, 0) is 40.9 Å². The summed E-state index contributed by atoms with van der Waals surface area (Å²) in [6.07, 6.45) is 1.81. The van der Waals surface area contributed by atoms with E-state index in [9.17, 15) is 9.18 Å². The number of carbonyl (C=O) groups is 1. The molecule has 0 atom stereocenters. The molecule has 0 heterocycles. The van der Waals surface area contributed by atoms with Gasteiger partial charge in [-0.1, -0.05) is 13.8 Å². The van der Waals surface area contributed by atoms with Gasteiger partial charge in [-0.3, -0.25) is 0 Å². The van der Waals surface area contributed by atoms with Crippen LogP contribution in [0.4, 0.5) is 10.1 Å². The summed E-state index contributed by atoms with van der Waals surface area (Å²) in [5.74, 6) is -1.66. The zero-order chi connectivity index (χ0) is 13.9. The third kappa shape index (κ3) is 2.83. The van der Waals surface area contributed by atoms with Gasteiger partial charge < -0.3 is 10.0 Å². The molecule has 0 unspecified atom stereocenters. The maximum atomic E-state index is 14.2. The molecule has 1 N–H and O–H groups in total. The Morgan fingerprint density at radius 3 is 2.44 bits per heavy atom. The molecule has 0 aliphatic heterocycles. The summed E-state index contributed by atoms with van der Waals surface area (Å²) >= 11 is 3.01. The van der Waals surface area contributed by atoms with Gasteiger partial charge >= 0.3 is 5.97 Å². The topological polar surface area (TPSA) is 40.5 Å². The lowest BCUT2D eigenvalue weighted by Crippen LogP contribution is -2.31. The standard InChI is InChI=1S/C13H17BrFNO2/c1-4-8(5-2)16(3)10-7-6-9(13(17)18)11(14)12(10)15/h6-8H,4-5H2,1-3H3,(H,17,18). The van der Waals surface area contributed by atoms with Crippen molar-refractivity contribution in [3.05, 3.63) is 28.0 Å². The Balaban J connectivity index is 3.20. The number of hydrogen-bond acceptors (Lipinski definition) is 2. The fraction of sp³-hybridized carbons (Fsp3) is 0.462. The first-order chi connectivity index (χ1) is 8.43. The molecule has 0 bridgehead atoms. The van der Waals surface area contributed by atoms with Crippen molar-refractivity contribution in [3.8, 4) is 0 Å². The van der Waals surface area contributed by atoms with E-state index in [0.717, 1.165) is 12.8 Å². The van der Waals surface area contributed by atoms with Crippen LogP contribution in [0.2, 0.25) is 0 Å². The van der Waals surface area contributed by atoms with Crippen molar-refractivity contribution < 1.29 is 14.3 Å². The Bertz CT molecular complexity index is 447. The Labute approximate surface area is 115 Å². The van der Waals surface area contributed by atoms with E-state index in [0.29, 0.717) is 5.69 Å². The first-order valence-electron chi connectivity index (χ1n) is 5.88. The Morgan fingerprint density at radius 2 is 2.00 bits per heavy atom. The van der Waals surface area contributed by atoms with E-state index >= 15 is 0 Å². The molecule has 0 spiro atoms. The van der Waals surface area contributed by atoms with Gasteiger partial charge in [0.15, 0.2) is 5.82 Å². The average molecular weight is 318 g/mol. The molecule has 0 aliphatic carbocycles. The first-order valence-corrected chi connectivity index (χ1v) is 6.67. The van der Waals surface area contributed by atoms with E-state index < -0.39 is 11.8 Å². The first kappa shape index (κ1) is 15.0. The van der Waals surface area contributed by atoms with E-state index in [1.807, 2.05) is 25.8 Å². The van der Waals surface area contributed by atoms with Gasteiger partial charge in [0.2, 0.25) is 0 Å². The highest BCUT2D eigenvalue weighted by Gasteiger charge is 2.20. The lowest BCUT2D eigenvalue weighted by Gasteiger charge is -2.29. The molecule has 1 rings (SSSR count). The molecule has 1 aromatic carbocycles. The summed E-state index contributed by atoms with van der Waals surface area (Å²) in [5, 5.41) is 8.91. The number of benzene rings is 1. The van der Waals surface area contributed by atoms with Crippen molar-refractivity contribution in [1.29, 1.82) is 0 Å². The second-order valence-electron chi connectivity index (χ2n) is 4.15. The molecular formula is C13H17BrFNO2. The molecule has 0 radical (unpaired) electrons. The smallest absolute Gasteiger partial charge is 0.336 e. The van der Waals surface area contributed by atoms with Crippen LogP contribution in [0.1, 0.15) is 37.0 Å². The van der Waals surface area contributed by atoms with Gasteiger partial charge in [0, 0.05) is 13.1 Å². The molecule has 3 nitrogen and oxygen atoms in total. The Morgan fingerprint density at radius 1 is 1.44 bits per heavy atom. The van der Waals surface area contributed by atoms with E-state index in [1.165, 1.54) is 12.1 Å². The lowest BCUT2D eigenvalue weighted by atomic mass is 10.1. The number of nitrogens with zero attached hydrogens (tertiary/aromatic N) is 1. The second-order valence-corrected chi connectivity index (χ2v) is 4.94. The van der Waals surface area contributed by atoms with E-state index in [4.69, 9.17) is 5.11 Å². The summed E-state index contributed by atoms with van der Waals surface area (Å²) in [4.78, 5) is 12.7. The van der Waals surface area contributed by atoms with E-state index in [-0.39, 0.29) is 16.1 Å². The summed E-state index contributed by atoms with van der Waals surface area (Å²) in [7, 11) is 1.82. The summed E-state index contributed by atoms with van der Waals surface area (Å²) in [6.45, 7) is 4.09. The van der Waals surface area contributed by atoms with Crippen molar-refractivity contribution >= 4 is 27.6 Å². The van der Waals surface area contributed by atoms with Gasteiger partial charge in [-0.15, -0.1) is 0 Å². The van der Waals surface area contributed by atoms with Crippen molar-refractivity contribution in [2.45, 2.75) is 32.7 Å². The van der Waals surface area contributed by atoms with Crippen LogP contribution in [0.15, 0.2) is 16.6 Å². The highest BCUT2D eigenvalue weighted by molar-refractivity contribution is 9.10. The number of rotatable bonds is 5. The van der Waals surface area contributed by atoms with Crippen molar-refractivity contribution in [2.24, 2.45) is 0 Å². The lowest BCUT2D eigenvalue weighted by molar-refractivity contribution is 0.0695. The van der Waals surface area contributed by atoms with Crippen LogP contribution in [-0.2, 0) is 0 Å². The summed E-state index contributed by atoms with van der Waals surface area (Å²) < 4.78 is 14.2. The largest absolute Gasteiger partial charge is 0.478 e. The van der Waals surface area contributed by atoms with Crippen molar-refractivity contribution in [3.63, 3.8) is 0 Å². The predicted molar refractivity (Wildman–Crippen MR) is 73.8 cm³/mol. The molecule has 1 aromatic rings. The third-order valence-electron chi connectivity index (χ3n) is 3.16. The molecule has 0 aromatic heterocycles. The van der Waals surface area contributed by atoms with Gasteiger partial charge in [-0.2, -0.15) is 0 Å². The number of carboxylic acid groups (broad SMARTS) is 1. The number of anilines is 1. The minimum absolute atomic E-state index is 0.00491. The molecule has 100 valence electrons. The molecule has 18 heavy (non-hydrogen) atoms. The summed E-state index contributed by atoms with van der Waals surface area (Å²) in [6, 6.07) is 3.17. The maximum absolute atomic E-state index is 14.2. The molecule has 0 aliphatic rings. The fourth-order valence-electron chi connectivity index (χ4n) is 2.01. The zero-order valence-corrected chi connectivity index (χ0v) is 12.3. The second kappa shape index (κ2) is 6.18. The molecule has 5 heteroatoms. The normalized spacial score (nSPS) is 10.8. The maximum Gasteiger partial charge on any atom is 0.336 e.